The summed E-state index contributed by atoms with van der Waals surface area (Å²) in [6.07, 6.45) is -0.784. The second-order valence-corrected chi connectivity index (χ2v) is 3.90. The number of halogens is 3. The van der Waals surface area contributed by atoms with Crippen LogP contribution in [0.2, 0.25) is 0 Å². The number of nitrogens with one attached hydrogen (secondary N) is 1. The van der Waals surface area contributed by atoms with Gasteiger partial charge in [0.1, 0.15) is 6.54 Å². The number of nitrogens with two attached hydrogens (primary N) is 1. The van der Waals surface area contributed by atoms with Crippen LogP contribution < -0.4 is 11.1 Å². The zero-order chi connectivity index (χ0) is 13.5. The molecule has 0 atom stereocenters. The van der Waals surface area contributed by atoms with E-state index in [1.807, 2.05) is 32.0 Å². The number of hydrogen-bond donors (Lipinski definition) is 2. The van der Waals surface area contributed by atoms with Crippen molar-refractivity contribution in [1.29, 1.82) is 0 Å². The highest BCUT2D eigenvalue weighted by Crippen LogP contribution is 2.22. The molecule has 0 saturated heterocycles. The van der Waals surface area contributed by atoms with Crippen molar-refractivity contribution in [3.8, 4) is 0 Å². The maximum absolute atomic E-state index is 12.0. The van der Waals surface area contributed by atoms with Gasteiger partial charge in [0.25, 0.3) is 6.43 Å². The standard InChI is InChI=1S/C13H19F2N3.HI/c1-3-9-6-5-7-10(4-2)12(9)18-13(16)17-8-11(14)15;/h5-7,11H,3-4,8H2,1-2H3,(H3,16,17,18);1H. The van der Waals surface area contributed by atoms with Gasteiger partial charge in [-0.15, -0.1) is 24.0 Å². The van der Waals surface area contributed by atoms with Crippen molar-refractivity contribution in [1.82, 2.24) is 0 Å². The first kappa shape index (κ1) is 18.1. The molecule has 0 aliphatic carbocycles. The van der Waals surface area contributed by atoms with Gasteiger partial charge in [0.2, 0.25) is 0 Å². The van der Waals surface area contributed by atoms with Crippen LogP contribution in [-0.2, 0) is 12.8 Å². The van der Waals surface area contributed by atoms with E-state index in [0.717, 1.165) is 29.7 Å². The predicted octanol–water partition coefficient (Wildman–Crippen LogP) is 3.42. The third kappa shape index (κ3) is 5.71. The van der Waals surface area contributed by atoms with Gasteiger partial charge >= 0.3 is 0 Å². The SMILES string of the molecule is CCc1cccc(CC)c1NC(N)=NCC(F)F.I. The third-order valence-corrected chi connectivity index (χ3v) is 2.65. The van der Waals surface area contributed by atoms with E-state index in [4.69, 9.17) is 5.73 Å². The van der Waals surface area contributed by atoms with E-state index >= 15 is 0 Å². The Balaban J connectivity index is 0.00000324. The highest BCUT2D eigenvalue weighted by molar-refractivity contribution is 14.0. The molecule has 0 amide bonds. The fourth-order valence-electron chi connectivity index (χ4n) is 1.74. The van der Waals surface area contributed by atoms with Crippen LogP contribution in [0.25, 0.3) is 0 Å². The number of benzene rings is 1. The van der Waals surface area contributed by atoms with Crippen molar-refractivity contribution in [2.75, 3.05) is 11.9 Å². The summed E-state index contributed by atoms with van der Waals surface area (Å²) in [7, 11) is 0. The smallest absolute Gasteiger partial charge is 0.257 e. The van der Waals surface area contributed by atoms with Gasteiger partial charge in [0.15, 0.2) is 5.96 Å². The second-order valence-electron chi connectivity index (χ2n) is 3.90. The van der Waals surface area contributed by atoms with Crippen molar-refractivity contribution in [2.45, 2.75) is 33.1 Å². The minimum atomic E-state index is -2.47. The van der Waals surface area contributed by atoms with Crippen LogP contribution >= 0.6 is 24.0 Å². The molecule has 0 aliphatic rings. The maximum atomic E-state index is 12.0. The molecule has 1 rings (SSSR count). The van der Waals surface area contributed by atoms with Crippen LogP contribution in [-0.4, -0.2) is 18.9 Å². The summed E-state index contributed by atoms with van der Waals surface area (Å²) in [6, 6.07) is 5.96. The topological polar surface area (TPSA) is 50.4 Å². The minimum absolute atomic E-state index is 0. The van der Waals surface area contributed by atoms with Crippen molar-refractivity contribution >= 4 is 35.6 Å². The Bertz CT molecular complexity index is 400. The molecule has 1 aromatic carbocycles. The van der Waals surface area contributed by atoms with Gasteiger partial charge in [-0.05, 0) is 24.0 Å². The molecular weight excluding hydrogens is 363 g/mol. The fraction of sp³-hybridized carbons (Fsp3) is 0.462. The number of nitrogens with zero attached hydrogens (tertiary/aromatic N) is 1. The molecule has 0 aliphatic heterocycles. The zero-order valence-corrected chi connectivity index (χ0v) is 13.4. The Kier molecular flexibility index (Phi) is 8.62. The number of guanidine groups is 1. The van der Waals surface area contributed by atoms with E-state index in [2.05, 4.69) is 10.3 Å². The molecule has 6 heteroatoms. The molecule has 3 N–H and O–H groups in total. The number of aryl methyl sites for hydroxylation is 2. The summed E-state index contributed by atoms with van der Waals surface area (Å²) in [4.78, 5) is 3.60. The van der Waals surface area contributed by atoms with E-state index in [1.165, 1.54) is 0 Å². The lowest BCUT2D eigenvalue weighted by molar-refractivity contribution is 0.158. The van der Waals surface area contributed by atoms with Crippen LogP contribution in [0.1, 0.15) is 25.0 Å². The van der Waals surface area contributed by atoms with Crippen LogP contribution in [0.5, 0.6) is 0 Å². The maximum Gasteiger partial charge on any atom is 0.257 e. The molecule has 0 fully saturated rings. The Morgan fingerprint density at radius 2 is 1.79 bits per heavy atom. The molecule has 0 spiro atoms. The van der Waals surface area contributed by atoms with E-state index in [0.29, 0.717) is 0 Å². The summed E-state index contributed by atoms with van der Waals surface area (Å²) in [5.74, 6) is 0.0332. The Morgan fingerprint density at radius 1 is 1.26 bits per heavy atom. The number of alkyl halides is 2. The number of aliphatic imine (C=N–C) groups is 1. The van der Waals surface area contributed by atoms with Gasteiger partial charge in [-0.2, -0.15) is 0 Å². The average Bonchev–Trinajstić information content (AvgIpc) is 2.36. The molecule has 3 nitrogen and oxygen atoms in total. The largest absolute Gasteiger partial charge is 0.370 e. The first-order valence-corrected chi connectivity index (χ1v) is 6.04. The van der Waals surface area contributed by atoms with Gasteiger partial charge in [0, 0.05) is 5.69 Å². The molecule has 19 heavy (non-hydrogen) atoms. The van der Waals surface area contributed by atoms with Crippen LogP contribution in [0.15, 0.2) is 23.2 Å². The molecular formula is C13H20F2IN3. The Hall–Kier alpha value is -0.920. The van der Waals surface area contributed by atoms with Gasteiger partial charge in [0.05, 0.1) is 0 Å². The van der Waals surface area contributed by atoms with Gasteiger partial charge < -0.3 is 11.1 Å². The lowest BCUT2D eigenvalue weighted by Gasteiger charge is -2.14. The summed E-state index contributed by atoms with van der Waals surface area (Å²) < 4.78 is 24.1. The van der Waals surface area contributed by atoms with Crippen molar-refractivity contribution < 1.29 is 8.78 Å². The normalized spacial score (nSPS) is 11.3. The van der Waals surface area contributed by atoms with Crippen molar-refractivity contribution in [3.63, 3.8) is 0 Å². The van der Waals surface area contributed by atoms with Crippen molar-refractivity contribution in [3.05, 3.63) is 29.3 Å². The van der Waals surface area contributed by atoms with E-state index in [9.17, 15) is 8.78 Å². The summed E-state index contributed by atoms with van der Waals surface area (Å²) in [5.41, 5.74) is 8.70. The second kappa shape index (κ2) is 9.06. The zero-order valence-electron chi connectivity index (χ0n) is 11.1. The van der Waals surface area contributed by atoms with Gasteiger partial charge in [-0.1, -0.05) is 32.0 Å². The number of para-hydroxylation sites is 1. The highest BCUT2D eigenvalue weighted by Gasteiger charge is 2.07. The molecule has 0 heterocycles. The molecule has 0 unspecified atom stereocenters. The molecule has 0 bridgehead atoms. The Morgan fingerprint density at radius 3 is 2.21 bits per heavy atom. The summed E-state index contributed by atoms with van der Waals surface area (Å²) in [5, 5.41) is 2.93. The molecule has 1 aromatic rings. The van der Waals surface area contributed by atoms with Gasteiger partial charge in [-0.25, -0.2) is 13.8 Å². The first-order chi connectivity index (χ1) is 8.58. The molecule has 108 valence electrons. The van der Waals surface area contributed by atoms with E-state index in [-0.39, 0.29) is 29.9 Å². The number of rotatable bonds is 5. The highest BCUT2D eigenvalue weighted by atomic mass is 127. The van der Waals surface area contributed by atoms with E-state index < -0.39 is 13.0 Å². The van der Waals surface area contributed by atoms with Crippen molar-refractivity contribution in [2.24, 2.45) is 10.7 Å². The van der Waals surface area contributed by atoms with Gasteiger partial charge in [-0.3, -0.25) is 0 Å². The quantitative estimate of drug-likeness (QED) is 0.465. The van der Waals surface area contributed by atoms with Crippen LogP contribution in [0, 0.1) is 0 Å². The minimum Gasteiger partial charge on any atom is -0.370 e. The van der Waals surface area contributed by atoms with E-state index in [1.54, 1.807) is 0 Å². The first-order valence-electron chi connectivity index (χ1n) is 6.04. The van der Waals surface area contributed by atoms with Crippen LogP contribution in [0.4, 0.5) is 14.5 Å². The lowest BCUT2D eigenvalue weighted by Crippen LogP contribution is -2.25. The molecule has 0 saturated carbocycles. The monoisotopic (exact) mass is 383 g/mol. The Labute approximate surface area is 129 Å². The summed E-state index contributed by atoms with van der Waals surface area (Å²) in [6.45, 7) is 3.49. The predicted molar refractivity (Wildman–Crippen MR) is 86.7 cm³/mol. The lowest BCUT2D eigenvalue weighted by atomic mass is 10.0. The molecule has 0 aromatic heterocycles. The molecule has 0 radical (unpaired) electrons. The fourth-order valence-corrected chi connectivity index (χ4v) is 1.74. The van der Waals surface area contributed by atoms with Crippen LogP contribution in [0.3, 0.4) is 0 Å². The number of anilines is 1. The number of hydrogen-bond acceptors (Lipinski definition) is 1. The average molecular weight is 383 g/mol. The summed E-state index contributed by atoms with van der Waals surface area (Å²) >= 11 is 0. The third-order valence-electron chi connectivity index (χ3n) is 2.65.